The molecule has 0 aliphatic carbocycles. The SMILES string of the molecule is CCCCCCCCCCCCCCCCCC[N+](C)(C)Cc1cc(=O)c(O)co1. The van der Waals surface area contributed by atoms with E-state index in [0.717, 1.165) is 17.3 Å². The van der Waals surface area contributed by atoms with Gasteiger partial charge in [0.15, 0.2) is 11.5 Å². The molecule has 1 aromatic heterocycles. The molecule has 0 spiro atoms. The molecule has 0 saturated heterocycles. The molecule has 1 heterocycles. The molecule has 0 atom stereocenters. The van der Waals surface area contributed by atoms with Gasteiger partial charge in [-0.15, -0.1) is 0 Å². The Balaban J connectivity index is 1.92. The van der Waals surface area contributed by atoms with Crippen LogP contribution in [-0.2, 0) is 6.54 Å². The lowest BCUT2D eigenvalue weighted by Gasteiger charge is -2.29. The maximum Gasteiger partial charge on any atom is 0.226 e. The lowest BCUT2D eigenvalue weighted by Crippen LogP contribution is -2.39. The highest BCUT2D eigenvalue weighted by molar-refractivity contribution is 5.15. The van der Waals surface area contributed by atoms with Crippen LogP contribution in [0.5, 0.6) is 5.75 Å². The van der Waals surface area contributed by atoms with Crippen LogP contribution in [0.1, 0.15) is 115 Å². The molecule has 1 aromatic rings. The third-order valence-corrected chi connectivity index (χ3v) is 6.07. The molecule has 0 aromatic carbocycles. The summed E-state index contributed by atoms with van der Waals surface area (Å²) >= 11 is 0. The Morgan fingerprint density at radius 3 is 1.63 bits per heavy atom. The third-order valence-electron chi connectivity index (χ3n) is 6.07. The number of hydrogen-bond donors (Lipinski definition) is 1. The van der Waals surface area contributed by atoms with Crippen LogP contribution < -0.4 is 5.43 Å². The smallest absolute Gasteiger partial charge is 0.226 e. The second-order valence-electron chi connectivity index (χ2n) is 9.72. The van der Waals surface area contributed by atoms with Crippen LogP contribution >= 0.6 is 0 Å². The molecule has 4 heteroatoms. The predicted octanol–water partition coefficient (Wildman–Crippen LogP) is 7.18. The van der Waals surface area contributed by atoms with Gasteiger partial charge in [0.05, 0.1) is 20.6 Å². The zero-order valence-corrected chi connectivity index (χ0v) is 20.1. The standard InChI is InChI=1S/C26H47NO3/c1-4-5-6-7-8-9-10-11-12-13-14-15-16-17-18-19-20-27(2,3)22-24-21-25(28)26(29)23-30-24/h21,23H,4-20,22H2,1-3H3/p+1. The molecule has 0 saturated carbocycles. The van der Waals surface area contributed by atoms with Crippen molar-refractivity contribution in [2.24, 2.45) is 0 Å². The van der Waals surface area contributed by atoms with Gasteiger partial charge in [-0.3, -0.25) is 4.79 Å². The van der Waals surface area contributed by atoms with Crippen LogP contribution in [-0.4, -0.2) is 30.2 Å². The summed E-state index contributed by atoms with van der Waals surface area (Å²) in [7, 11) is 4.33. The van der Waals surface area contributed by atoms with Crippen molar-refractivity contribution < 1.29 is 14.0 Å². The molecule has 0 fully saturated rings. The second kappa shape index (κ2) is 16.4. The Morgan fingerprint density at radius 2 is 1.20 bits per heavy atom. The van der Waals surface area contributed by atoms with E-state index in [1.165, 1.54) is 109 Å². The van der Waals surface area contributed by atoms with Crippen molar-refractivity contribution in [3.05, 3.63) is 28.3 Å². The first-order valence-corrected chi connectivity index (χ1v) is 12.6. The van der Waals surface area contributed by atoms with Gasteiger partial charge in [0, 0.05) is 6.07 Å². The fraction of sp³-hybridized carbons (Fsp3) is 0.808. The summed E-state index contributed by atoms with van der Waals surface area (Å²) < 4.78 is 6.14. The molecular weight excluding hydrogens is 374 g/mol. The second-order valence-corrected chi connectivity index (χ2v) is 9.72. The highest BCUT2D eigenvalue weighted by Gasteiger charge is 2.17. The summed E-state index contributed by atoms with van der Waals surface area (Å²) in [6.45, 7) is 4.03. The number of rotatable bonds is 19. The van der Waals surface area contributed by atoms with Gasteiger partial charge in [-0.2, -0.15) is 0 Å². The van der Waals surface area contributed by atoms with E-state index in [4.69, 9.17) is 4.42 Å². The van der Waals surface area contributed by atoms with Crippen LogP contribution in [0.15, 0.2) is 21.5 Å². The fourth-order valence-electron chi connectivity index (χ4n) is 4.12. The van der Waals surface area contributed by atoms with Crippen molar-refractivity contribution in [2.75, 3.05) is 20.6 Å². The van der Waals surface area contributed by atoms with Crippen molar-refractivity contribution in [1.29, 1.82) is 0 Å². The third kappa shape index (κ3) is 13.8. The maximum absolute atomic E-state index is 11.5. The molecule has 4 nitrogen and oxygen atoms in total. The molecule has 0 unspecified atom stereocenters. The lowest BCUT2D eigenvalue weighted by molar-refractivity contribution is -0.904. The number of nitrogens with zero attached hydrogens (tertiary/aromatic N) is 1. The molecule has 0 aliphatic heterocycles. The van der Waals surface area contributed by atoms with Gasteiger partial charge < -0.3 is 14.0 Å². The molecule has 174 valence electrons. The number of aromatic hydroxyl groups is 1. The fourth-order valence-corrected chi connectivity index (χ4v) is 4.12. The summed E-state index contributed by atoms with van der Waals surface area (Å²) in [5.41, 5.74) is -0.362. The first-order valence-electron chi connectivity index (χ1n) is 12.6. The van der Waals surface area contributed by atoms with E-state index < -0.39 is 0 Å². The first-order chi connectivity index (χ1) is 14.4. The van der Waals surface area contributed by atoms with Crippen LogP contribution in [0.25, 0.3) is 0 Å². The average Bonchev–Trinajstić information content (AvgIpc) is 2.70. The summed E-state index contributed by atoms with van der Waals surface area (Å²) in [5, 5.41) is 9.29. The summed E-state index contributed by atoms with van der Waals surface area (Å²) in [6, 6.07) is 1.41. The average molecular weight is 423 g/mol. The first kappa shape index (κ1) is 26.7. The predicted molar refractivity (Wildman–Crippen MR) is 127 cm³/mol. The van der Waals surface area contributed by atoms with Crippen molar-refractivity contribution in [3.8, 4) is 5.75 Å². The van der Waals surface area contributed by atoms with Gasteiger partial charge in [0.1, 0.15) is 12.8 Å². The monoisotopic (exact) mass is 422 g/mol. The number of unbranched alkanes of at least 4 members (excludes halogenated alkanes) is 15. The minimum absolute atomic E-state index is 0.318. The molecule has 0 aliphatic rings. The maximum atomic E-state index is 11.5. The normalized spacial score (nSPS) is 11.8. The molecule has 1 rings (SSSR count). The molecule has 0 bridgehead atoms. The van der Waals surface area contributed by atoms with Crippen LogP contribution in [0.4, 0.5) is 0 Å². The van der Waals surface area contributed by atoms with E-state index in [9.17, 15) is 9.90 Å². The Bertz CT molecular complexity index is 594. The van der Waals surface area contributed by atoms with E-state index in [-0.39, 0.29) is 11.2 Å². The van der Waals surface area contributed by atoms with Crippen molar-refractivity contribution in [1.82, 2.24) is 0 Å². The van der Waals surface area contributed by atoms with Crippen LogP contribution in [0, 0.1) is 0 Å². The summed E-state index contributed by atoms with van der Waals surface area (Å²) in [6.07, 6.45) is 23.3. The van der Waals surface area contributed by atoms with E-state index in [1.54, 1.807) is 0 Å². The molecule has 1 N–H and O–H groups in total. The largest absolute Gasteiger partial charge is 0.502 e. The molecule has 30 heavy (non-hydrogen) atoms. The zero-order chi connectivity index (χ0) is 22.1. The molecule has 0 amide bonds. The highest BCUT2D eigenvalue weighted by Crippen LogP contribution is 2.15. The van der Waals surface area contributed by atoms with Gasteiger partial charge in [-0.1, -0.05) is 96.8 Å². The summed E-state index contributed by atoms with van der Waals surface area (Å²) in [5.74, 6) is 0.321. The van der Waals surface area contributed by atoms with E-state index in [2.05, 4.69) is 21.0 Å². The Kier molecular flexibility index (Phi) is 14.6. The van der Waals surface area contributed by atoms with E-state index in [1.807, 2.05) is 0 Å². The molecule has 0 radical (unpaired) electrons. The quantitative estimate of drug-likeness (QED) is 0.190. The van der Waals surface area contributed by atoms with Gasteiger partial charge >= 0.3 is 0 Å². The van der Waals surface area contributed by atoms with Crippen molar-refractivity contribution in [3.63, 3.8) is 0 Å². The Labute approximate surface area is 185 Å². The summed E-state index contributed by atoms with van der Waals surface area (Å²) in [4.78, 5) is 11.5. The Morgan fingerprint density at radius 1 is 0.767 bits per heavy atom. The van der Waals surface area contributed by atoms with Gasteiger partial charge in [0.2, 0.25) is 5.43 Å². The minimum atomic E-state index is -0.362. The topological polar surface area (TPSA) is 50.4 Å². The number of quaternary nitrogens is 1. The van der Waals surface area contributed by atoms with Gasteiger partial charge in [0.25, 0.3) is 0 Å². The Hall–Kier alpha value is -1.29. The number of hydrogen-bond acceptors (Lipinski definition) is 3. The van der Waals surface area contributed by atoms with Crippen molar-refractivity contribution in [2.45, 2.75) is 116 Å². The van der Waals surface area contributed by atoms with Crippen LogP contribution in [0.2, 0.25) is 0 Å². The van der Waals surface area contributed by atoms with Gasteiger partial charge in [-0.05, 0) is 12.8 Å². The lowest BCUT2D eigenvalue weighted by atomic mass is 10.0. The molecular formula is C26H48NO3+. The van der Waals surface area contributed by atoms with E-state index >= 15 is 0 Å². The zero-order valence-electron chi connectivity index (χ0n) is 20.1. The highest BCUT2D eigenvalue weighted by atomic mass is 16.4. The van der Waals surface area contributed by atoms with Crippen LogP contribution in [0.3, 0.4) is 0 Å². The minimum Gasteiger partial charge on any atom is -0.502 e. The van der Waals surface area contributed by atoms with E-state index in [0.29, 0.717) is 12.3 Å². The van der Waals surface area contributed by atoms with Crippen molar-refractivity contribution >= 4 is 0 Å². The van der Waals surface area contributed by atoms with Gasteiger partial charge in [-0.25, -0.2) is 0 Å².